The van der Waals surface area contributed by atoms with Crippen LogP contribution in [0.2, 0.25) is 0 Å². The van der Waals surface area contributed by atoms with Gasteiger partial charge in [-0.05, 0) is 43.5 Å². The number of fused-ring (bicyclic) bond motifs is 1. The predicted octanol–water partition coefficient (Wildman–Crippen LogP) is 3.47. The van der Waals surface area contributed by atoms with Crippen LogP contribution in [0.4, 0.5) is 0 Å². The Labute approximate surface area is 166 Å². The highest BCUT2D eigenvalue weighted by atomic mass is 16.5. The lowest BCUT2D eigenvalue weighted by Gasteiger charge is -2.46. The van der Waals surface area contributed by atoms with Crippen molar-refractivity contribution in [3.8, 4) is 11.5 Å². The number of aliphatic hydroxyl groups excluding tert-OH is 2. The second-order valence-corrected chi connectivity index (χ2v) is 7.86. The fourth-order valence-electron chi connectivity index (χ4n) is 4.34. The number of hydrogen-bond acceptors (Lipinski definition) is 5. The molecule has 1 fully saturated rings. The summed E-state index contributed by atoms with van der Waals surface area (Å²) in [6, 6.07) is 15.4. The van der Waals surface area contributed by atoms with E-state index < -0.39 is 12.2 Å². The van der Waals surface area contributed by atoms with Crippen LogP contribution >= 0.6 is 0 Å². The quantitative estimate of drug-likeness (QED) is 0.828. The summed E-state index contributed by atoms with van der Waals surface area (Å²) in [4.78, 5) is 2.28. The lowest BCUT2D eigenvalue weighted by Crippen LogP contribution is -2.51. The molecule has 2 aliphatic rings. The number of benzene rings is 2. The molecule has 0 saturated carbocycles. The van der Waals surface area contributed by atoms with Crippen LogP contribution in [0.25, 0.3) is 0 Å². The zero-order valence-electron chi connectivity index (χ0n) is 16.4. The number of β-amino-alcohol motifs (C(OH)–C–C–N with tert-alkyl or cyclic N) is 1. The topological polar surface area (TPSA) is 62.2 Å². The number of para-hydroxylation sites is 1. The van der Waals surface area contributed by atoms with Crippen molar-refractivity contribution < 1.29 is 19.7 Å². The van der Waals surface area contributed by atoms with E-state index in [2.05, 4.69) is 4.90 Å². The van der Waals surface area contributed by atoms with Crippen molar-refractivity contribution in [3.63, 3.8) is 0 Å². The van der Waals surface area contributed by atoms with Gasteiger partial charge in [-0.3, -0.25) is 0 Å². The summed E-state index contributed by atoms with van der Waals surface area (Å²) >= 11 is 0. The molecule has 1 saturated heterocycles. The first kappa shape index (κ1) is 19.2. The average molecular weight is 383 g/mol. The van der Waals surface area contributed by atoms with Gasteiger partial charge in [0.25, 0.3) is 0 Å². The molecule has 0 aromatic heterocycles. The molecule has 2 aromatic carbocycles. The highest BCUT2D eigenvalue weighted by molar-refractivity contribution is 5.38. The summed E-state index contributed by atoms with van der Waals surface area (Å²) in [5.41, 5.74) is 1.50. The molecule has 0 unspecified atom stereocenters. The number of nitrogens with zero attached hydrogens (tertiary/aromatic N) is 1. The number of aliphatic hydroxyl groups is 2. The third-order valence-corrected chi connectivity index (χ3v) is 5.94. The zero-order chi connectivity index (χ0) is 19.6. The van der Waals surface area contributed by atoms with Crippen LogP contribution in [0.15, 0.2) is 48.5 Å². The highest BCUT2D eigenvalue weighted by Gasteiger charge is 2.42. The third-order valence-electron chi connectivity index (χ3n) is 5.94. The van der Waals surface area contributed by atoms with Gasteiger partial charge in [0.05, 0.1) is 18.8 Å². The summed E-state index contributed by atoms with van der Waals surface area (Å²) in [7, 11) is 0. The molecule has 4 rings (SSSR count). The standard InChI is InChI=1S/C23H29NO4/c1-2-27-18-9-7-17(8-10-18)21(26)16-24-13-11-23(12-14-24)15-20(25)19-5-3-4-6-22(19)28-23/h3-10,20-21,25-26H,2,11-16H2,1H3/t20-,21+/m1/s1. The summed E-state index contributed by atoms with van der Waals surface area (Å²) in [5.74, 6) is 1.63. The molecule has 2 N–H and O–H groups in total. The maximum absolute atomic E-state index is 10.6. The van der Waals surface area contributed by atoms with Crippen LogP contribution in [-0.4, -0.2) is 47.0 Å². The molecule has 0 amide bonds. The van der Waals surface area contributed by atoms with E-state index in [0.717, 1.165) is 48.6 Å². The maximum atomic E-state index is 10.6. The number of rotatable bonds is 5. The van der Waals surface area contributed by atoms with Crippen molar-refractivity contribution in [2.24, 2.45) is 0 Å². The van der Waals surface area contributed by atoms with Crippen LogP contribution < -0.4 is 9.47 Å². The minimum atomic E-state index is -0.525. The molecule has 2 heterocycles. The first-order valence-electron chi connectivity index (χ1n) is 10.2. The Hall–Kier alpha value is -2.08. The molecule has 0 bridgehead atoms. The highest BCUT2D eigenvalue weighted by Crippen LogP contribution is 2.44. The zero-order valence-corrected chi connectivity index (χ0v) is 16.4. The van der Waals surface area contributed by atoms with Crippen molar-refractivity contribution in [3.05, 3.63) is 59.7 Å². The molecule has 2 aromatic rings. The fourth-order valence-corrected chi connectivity index (χ4v) is 4.34. The van der Waals surface area contributed by atoms with Gasteiger partial charge in [0, 0.05) is 31.6 Å². The predicted molar refractivity (Wildman–Crippen MR) is 108 cm³/mol. The minimum absolute atomic E-state index is 0.297. The number of likely N-dealkylation sites (tertiary alicyclic amines) is 1. The molecule has 150 valence electrons. The normalized spacial score (nSPS) is 22.3. The monoisotopic (exact) mass is 383 g/mol. The largest absolute Gasteiger partial charge is 0.494 e. The Morgan fingerprint density at radius 1 is 1.14 bits per heavy atom. The van der Waals surface area contributed by atoms with E-state index in [1.54, 1.807) is 0 Å². The lowest BCUT2D eigenvalue weighted by atomic mass is 9.81. The van der Waals surface area contributed by atoms with Crippen LogP contribution in [0, 0.1) is 0 Å². The Morgan fingerprint density at radius 2 is 1.86 bits per heavy atom. The molecular formula is C23H29NO4. The van der Waals surface area contributed by atoms with Crippen LogP contribution in [0.3, 0.4) is 0 Å². The van der Waals surface area contributed by atoms with Crippen LogP contribution in [-0.2, 0) is 0 Å². The average Bonchev–Trinajstić information content (AvgIpc) is 2.71. The summed E-state index contributed by atoms with van der Waals surface area (Å²) in [6.07, 6.45) is 1.36. The summed E-state index contributed by atoms with van der Waals surface area (Å²) < 4.78 is 11.8. The first-order chi connectivity index (χ1) is 13.6. The van der Waals surface area contributed by atoms with E-state index in [4.69, 9.17) is 9.47 Å². The number of ether oxygens (including phenoxy) is 2. The first-order valence-corrected chi connectivity index (χ1v) is 10.2. The van der Waals surface area contributed by atoms with Gasteiger partial charge < -0.3 is 24.6 Å². The van der Waals surface area contributed by atoms with Gasteiger partial charge in [-0.2, -0.15) is 0 Å². The van der Waals surface area contributed by atoms with Gasteiger partial charge in [-0.25, -0.2) is 0 Å². The van der Waals surface area contributed by atoms with Crippen LogP contribution in [0.1, 0.15) is 49.5 Å². The van der Waals surface area contributed by atoms with Crippen molar-refractivity contribution in [2.75, 3.05) is 26.2 Å². The smallest absolute Gasteiger partial charge is 0.125 e. The van der Waals surface area contributed by atoms with Gasteiger partial charge in [0.2, 0.25) is 0 Å². The number of hydrogen-bond donors (Lipinski definition) is 2. The Kier molecular flexibility index (Phi) is 5.58. The molecule has 2 atom stereocenters. The second-order valence-electron chi connectivity index (χ2n) is 7.86. The van der Waals surface area contributed by atoms with Crippen LogP contribution in [0.5, 0.6) is 11.5 Å². The summed E-state index contributed by atoms with van der Waals surface area (Å²) in [5, 5.41) is 21.2. The van der Waals surface area contributed by atoms with Crippen molar-refractivity contribution >= 4 is 0 Å². The van der Waals surface area contributed by atoms with Gasteiger partial charge in [-0.1, -0.05) is 30.3 Å². The minimum Gasteiger partial charge on any atom is -0.494 e. The Morgan fingerprint density at radius 3 is 2.57 bits per heavy atom. The van der Waals surface area contributed by atoms with Gasteiger partial charge in [0.15, 0.2) is 0 Å². The molecule has 28 heavy (non-hydrogen) atoms. The van der Waals surface area contributed by atoms with E-state index in [9.17, 15) is 10.2 Å². The van der Waals surface area contributed by atoms with E-state index in [0.29, 0.717) is 19.6 Å². The van der Waals surface area contributed by atoms with Gasteiger partial charge in [-0.15, -0.1) is 0 Å². The molecule has 0 aliphatic carbocycles. The molecular weight excluding hydrogens is 354 g/mol. The van der Waals surface area contributed by atoms with Crippen molar-refractivity contribution in [1.29, 1.82) is 0 Å². The molecule has 5 heteroatoms. The number of piperidine rings is 1. The maximum Gasteiger partial charge on any atom is 0.125 e. The van der Waals surface area contributed by atoms with Crippen molar-refractivity contribution in [2.45, 2.75) is 44.0 Å². The fraction of sp³-hybridized carbons (Fsp3) is 0.478. The van der Waals surface area contributed by atoms with E-state index in [1.807, 2.05) is 55.5 Å². The van der Waals surface area contributed by atoms with E-state index >= 15 is 0 Å². The van der Waals surface area contributed by atoms with E-state index in [1.165, 1.54) is 0 Å². The van der Waals surface area contributed by atoms with E-state index in [-0.39, 0.29) is 5.60 Å². The molecule has 1 spiro atoms. The van der Waals surface area contributed by atoms with Gasteiger partial charge in [0.1, 0.15) is 17.1 Å². The second kappa shape index (κ2) is 8.11. The Bertz CT molecular complexity index is 783. The molecule has 0 radical (unpaired) electrons. The third kappa shape index (κ3) is 4.02. The molecule has 5 nitrogen and oxygen atoms in total. The Balaban J connectivity index is 1.34. The SMILES string of the molecule is CCOc1ccc([C@@H](O)CN2CCC3(CC2)C[C@@H](O)c2ccccc2O3)cc1. The van der Waals surface area contributed by atoms with Gasteiger partial charge >= 0.3 is 0 Å². The lowest BCUT2D eigenvalue weighted by molar-refractivity contribution is -0.0587. The molecule has 2 aliphatic heterocycles. The summed E-state index contributed by atoms with van der Waals surface area (Å²) in [6.45, 7) is 4.90. The van der Waals surface area contributed by atoms with Crippen molar-refractivity contribution in [1.82, 2.24) is 4.90 Å².